The van der Waals surface area contributed by atoms with E-state index in [1.165, 1.54) is 0 Å². The number of methoxy groups -OCH3 is 1. The molecule has 7 rings (SSSR count). The van der Waals surface area contributed by atoms with Gasteiger partial charge < -0.3 is 19.7 Å². The molecule has 0 aromatic heterocycles. The summed E-state index contributed by atoms with van der Waals surface area (Å²) in [5, 5.41) is 12.2. The molecule has 3 heterocycles. The molecule has 0 saturated carbocycles. The summed E-state index contributed by atoms with van der Waals surface area (Å²) in [7, 11) is 1.55. The van der Waals surface area contributed by atoms with Crippen LogP contribution in [0.4, 0.5) is 5.69 Å². The highest BCUT2D eigenvalue weighted by Crippen LogP contribution is 2.62. The maximum atomic E-state index is 14.9. The lowest BCUT2D eigenvalue weighted by Gasteiger charge is -2.38. The Morgan fingerprint density at radius 3 is 2.45 bits per heavy atom. The number of nitriles is 1. The highest BCUT2D eigenvalue weighted by Gasteiger charge is 2.70. The fraction of sp³-hybridized carbons (Fsp3) is 0.167. The molecule has 8 nitrogen and oxygen atoms in total. The number of para-hydroxylation sites is 2. The van der Waals surface area contributed by atoms with Crippen molar-refractivity contribution in [3.63, 3.8) is 0 Å². The second-order valence-corrected chi connectivity index (χ2v) is 11.0. The molecule has 1 saturated heterocycles. The van der Waals surface area contributed by atoms with Crippen LogP contribution in [-0.4, -0.2) is 42.1 Å². The first-order valence-electron chi connectivity index (χ1n) is 14.3. The molecule has 1 amide bonds. The summed E-state index contributed by atoms with van der Waals surface area (Å²) in [5.74, 6) is -1.36. The van der Waals surface area contributed by atoms with Gasteiger partial charge in [-0.15, -0.1) is 0 Å². The predicted molar refractivity (Wildman–Crippen MR) is 163 cm³/mol. The number of ketones is 2. The number of carbonyl (C=O) groups is 3. The zero-order chi connectivity index (χ0) is 30.4. The van der Waals surface area contributed by atoms with E-state index < -0.39 is 23.4 Å². The number of anilines is 1. The molecular weight excluding hydrogens is 554 g/mol. The van der Waals surface area contributed by atoms with E-state index in [2.05, 4.69) is 5.32 Å². The minimum absolute atomic E-state index is 0.232. The fourth-order valence-corrected chi connectivity index (χ4v) is 7.17. The minimum Gasteiger partial charge on any atom is -0.497 e. The van der Waals surface area contributed by atoms with Gasteiger partial charge in [0.25, 0.3) is 0 Å². The van der Waals surface area contributed by atoms with Crippen molar-refractivity contribution in [2.45, 2.75) is 17.5 Å². The lowest BCUT2D eigenvalue weighted by Crippen LogP contribution is -2.49. The van der Waals surface area contributed by atoms with Gasteiger partial charge in [0, 0.05) is 17.5 Å². The Bertz CT molecular complexity index is 1890. The van der Waals surface area contributed by atoms with Crippen molar-refractivity contribution < 1.29 is 23.9 Å². The van der Waals surface area contributed by atoms with Crippen molar-refractivity contribution in [2.75, 3.05) is 19.0 Å². The van der Waals surface area contributed by atoms with E-state index in [9.17, 15) is 19.6 Å². The molecule has 0 radical (unpaired) electrons. The third-order valence-electron chi connectivity index (χ3n) is 8.94. The van der Waals surface area contributed by atoms with Crippen LogP contribution in [0.3, 0.4) is 0 Å². The number of nitrogens with one attached hydrogen (secondary N) is 1. The van der Waals surface area contributed by atoms with Crippen LogP contribution in [0.2, 0.25) is 0 Å². The van der Waals surface area contributed by atoms with Gasteiger partial charge in [-0.05, 0) is 65.2 Å². The van der Waals surface area contributed by atoms with Gasteiger partial charge in [-0.2, -0.15) is 5.26 Å². The Balaban J connectivity index is 1.51. The van der Waals surface area contributed by atoms with Crippen LogP contribution in [0.15, 0.2) is 103 Å². The summed E-state index contributed by atoms with van der Waals surface area (Å²) in [6, 6.07) is 28.8. The molecule has 4 aromatic carbocycles. The van der Waals surface area contributed by atoms with Crippen LogP contribution in [0, 0.1) is 17.2 Å². The molecule has 4 aromatic rings. The summed E-state index contributed by atoms with van der Waals surface area (Å²) in [6.45, 7) is -0.248. The Morgan fingerprint density at radius 2 is 1.66 bits per heavy atom. The van der Waals surface area contributed by atoms with E-state index in [0.717, 1.165) is 11.1 Å². The molecule has 0 unspecified atom stereocenters. The summed E-state index contributed by atoms with van der Waals surface area (Å²) in [6.07, 6.45) is 3.74. The zero-order valence-electron chi connectivity index (χ0n) is 23.8. The van der Waals surface area contributed by atoms with Crippen molar-refractivity contribution in [1.29, 1.82) is 5.26 Å². The number of amides is 1. The molecular formula is C36H27N3O5. The van der Waals surface area contributed by atoms with Gasteiger partial charge in [0.15, 0.2) is 18.2 Å². The Morgan fingerprint density at radius 1 is 0.932 bits per heavy atom. The molecule has 0 bridgehead atoms. The number of rotatable bonds is 7. The number of hydrogen-bond acceptors (Lipinski definition) is 7. The van der Waals surface area contributed by atoms with E-state index in [0.29, 0.717) is 22.6 Å². The first-order chi connectivity index (χ1) is 21.5. The SMILES string of the molecule is COc1ccc(C(=O)[C@@H]2[C@@H](C(=O)c3ccccc3OCC#N)N3C=Cc4ccccc4[C@@H]3[C@]23C(=O)Nc2ccccc23)cc1. The lowest BCUT2D eigenvalue weighted by molar-refractivity contribution is -0.122. The highest BCUT2D eigenvalue weighted by molar-refractivity contribution is 6.17. The van der Waals surface area contributed by atoms with Crippen LogP contribution in [0.25, 0.3) is 6.08 Å². The molecule has 4 atom stereocenters. The molecule has 44 heavy (non-hydrogen) atoms. The first kappa shape index (κ1) is 27.2. The van der Waals surface area contributed by atoms with Crippen molar-refractivity contribution in [1.82, 2.24) is 4.90 Å². The fourth-order valence-electron chi connectivity index (χ4n) is 7.17. The van der Waals surface area contributed by atoms with Crippen LogP contribution >= 0.6 is 0 Å². The average molecular weight is 582 g/mol. The van der Waals surface area contributed by atoms with Crippen LogP contribution in [0.1, 0.15) is 43.4 Å². The number of carbonyl (C=O) groups excluding carboxylic acids is 3. The number of nitrogens with zero attached hydrogens (tertiary/aromatic N) is 2. The third kappa shape index (κ3) is 3.86. The topological polar surface area (TPSA) is 109 Å². The second-order valence-electron chi connectivity index (χ2n) is 11.0. The Labute approximate surface area is 254 Å². The van der Waals surface area contributed by atoms with Crippen molar-refractivity contribution in [3.8, 4) is 17.6 Å². The van der Waals surface area contributed by atoms with Gasteiger partial charge in [0.2, 0.25) is 5.91 Å². The van der Waals surface area contributed by atoms with Crippen molar-refractivity contribution in [2.24, 2.45) is 5.92 Å². The smallest absolute Gasteiger partial charge is 0.238 e. The van der Waals surface area contributed by atoms with Crippen molar-refractivity contribution in [3.05, 3.63) is 131 Å². The summed E-state index contributed by atoms with van der Waals surface area (Å²) in [5.41, 5.74) is 2.18. The van der Waals surface area contributed by atoms with Crippen LogP contribution < -0.4 is 14.8 Å². The highest BCUT2D eigenvalue weighted by atomic mass is 16.5. The van der Waals surface area contributed by atoms with Gasteiger partial charge in [0.1, 0.15) is 29.0 Å². The molecule has 3 aliphatic rings. The van der Waals surface area contributed by atoms with E-state index in [4.69, 9.17) is 9.47 Å². The molecule has 3 aliphatic heterocycles. The summed E-state index contributed by atoms with van der Waals surface area (Å²) >= 11 is 0. The van der Waals surface area contributed by atoms with Gasteiger partial charge in [-0.3, -0.25) is 14.4 Å². The number of fused-ring (bicyclic) bond motifs is 6. The van der Waals surface area contributed by atoms with Gasteiger partial charge in [0.05, 0.1) is 24.6 Å². The number of hydrogen-bond donors (Lipinski definition) is 1. The van der Waals surface area contributed by atoms with Crippen LogP contribution in [0.5, 0.6) is 11.5 Å². The second kappa shape index (κ2) is 10.5. The average Bonchev–Trinajstić information content (AvgIpc) is 3.55. The monoisotopic (exact) mass is 581 g/mol. The standard InChI is InChI=1S/C36H27N3O5/c1-43-24-16-14-23(15-17-24)32(40)30-31(33(41)26-10-4-7-13-29(26)44-21-19-37)39-20-18-22-8-2-3-9-25(22)34(39)36(30)27-11-5-6-12-28(27)38-35(36)42/h2-18,20,30-31,34H,21H2,1H3,(H,38,42)/t30-,31-,34+,36+/m0/s1. The summed E-state index contributed by atoms with van der Waals surface area (Å²) < 4.78 is 11.0. The minimum atomic E-state index is -1.45. The zero-order valence-corrected chi connectivity index (χ0v) is 23.8. The number of Topliss-reactive ketones (excluding diaryl/α,β-unsaturated/α-hetero) is 2. The van der Waals surface area contributed by atoms with Crippen molar-refractivity contribution >= 4 is 29.2 Å². The van der Waals surface area contributed by atoms with Gasteiger partial charge in [-0.25, -0.2) is 0 Å². The lowest BCUT2D eigenvalue weighted by atomic mass is 9.62. The largest absolute Gasteiger partial charge is 0.497 e. The van der Waals surface area contributed by atoms with Gasteiger partial charge >= 0.3 is 0 Å². The molecule has 1 N–H and O–H groups in total. The quantitative estimate of drug-likeness (QED) is 0.284. The molecule has 8 heteroatoms. The Hall–Kier alpha value is -5.68. The summed E-state index contributed by atoms with van der Waals surface area (Å²) in [4.78, 5) is 46.2. The maximum Gasteiger partial charge on any atom is 0.238 e. The molecule has 216 valence electrons. The first-order valence-corrected chi connectivity index (χ1v) is 14.3. The molecule has 1 spiro atoms. The van der Waals surface area contributed by atoms with E-state index >= 15 is 0 Å². The molecule has 1 fully saturated rings. The third-order valence-corrected chi connectivity index (χ3v) is 8.94. The van der Waals surface area contributed by atoms with E-state index in [1.807, 2.05) is 71.8 Å². The number of ether oxygens (including phenoxy) is 2. The predicted octanol–water partition coefficient (Wildman–Crippen LogP) is 5.58. The van der Waals surface area contributed by atoms with E-state index in [1.54, 1.807) is 55.6 Å². The Kier molecular flexibility index (Phi) is 6.51. The molecule has 0 aliphatic carbocycles. The normalized spacial score (nSPS) is 22.4. The van der Waals surface area contributed by atoms with Gasteiger partial charge in [-0.1, -0.05) is 54.6 Å². The van der Waals surface area contributed by atoms with E-state index in [-0.39, 0.29) is 35.4 Å². The number of benzene rings is 4. The van der Waals surface area contributed by atoms with Crippen LogP contribution in [-0.2, 0) is 10.2 Å². The maximum absolute atomic E-state index is 14.9.